The lowest BCUT2D eigenvalue weighted by atomic mass is 9.84. The van der Waals surface area contributed by atoms with Gasteiger partial charge in [-0.05, 0) is 74.1 Å². The first kappa shape index (κ1) is 18.9. The number of allylic oxidation sites excluding steroid dienone is 1. The van der Waals surface area contributed by atoms with E-state index in [1.165, 1.54) is 24.3 Å². The van der Waals surface area contributed by atoms with Gasteiger partial charge in [0.2, 0.25) is 10.0 Å². The third-order valence-corrected chi connectivity index (χ3v) is 7.01. The number of phenolic OH excluding ortho intramolecular Hbond substituents is 1. The maximum atomic E-state index is 12.7. The summed E-state index contributed by atoms with van der Waals surface area (Å²) in [7, 11) is -3.64. The van der Waals surface area contributed by atoms with Crippen LogP contribution in [0.25, 0.3) is 0 Å². The summed E-state index contributed by atoms with van der Waals surface area (Å²) < 4.78 is 28.3. The fraction of sp³-hybridized carbons (Fsp3) is 0.526. The van der Waals surface area contributed by atoms with Crippen molar-refractivity contribution in [2.45, 2.75) is 49.5 Å². The zero-order valence-corrected chi connectivity index (χ0v) is 15.4. The van der Waals surface area contributed by atoms with Gasteiger partial charge in [0.05, 0.1) is 4.90 Å². The summed E-state index contributed by atoms with van der Waals surface area (Å²) in [6.07, 6.45) is 8.70. The molecule has 142 valence electrons. The molecule has 2 fully saturated rings. The number of carboxylic acid groups (broad SMARTS) is 1. The zero-order valence-electron chi connectivity index (χ0n) is 14.5. The highest BCUT2D eigenvalue weighted by atomic mass is 32.2. The summed E-state index contributed by atoms with van der Waals surface area (Å²) in [5.74, 6) is 0.234. The van der Waals surface area contributed by atoms with Gasteiger partial charge >= 0.3 is 5.97 Å². The normalized spacial score (nSPS) is 28.0. The molecule has 0 aliphatic heterocycles. The maximum absolute atomic E-state index is 12.7. The van der Waals surface area contributed by atoms with Gasteiger partial charge in [-0.1, -0.05) is 12.2 Å². The predicted octanol–water partition coefficient (Wildman–Crippen LogP) is 2.90. The summed E-state index contributed by atoms with van der Waals surface area (Å²) in [4.78, 5) is 10.7. The number of fused-ring (bicyclic) bond motifs is 2. The van der Waals surface area contributed by atoms with Crippen LogP contribution >= 0.6 is 0 Å². The van der Waals surface area contributed by atoms with Crippen LogP contribution in [0.3, 0.4) is 0 Å². The van der Waals surface area contributed by atoms with Crippen LogP contribution in [0.4, 0.5) is 0 Å². The Labute approximate surface area is 154 Å². The molecule has 4 atom stereocenters. The fourth-order valence-electron chi connectivity index (χ4n) is 4.28. The van der Waals surface area contributed by atoms with E-state index in [0.717, 1.165) is 19.3 Å². The van der Waals surface area contributed by atoms with E-state index in [2.05, 4.69) is 10.8 Å². The van der Waals surface area contributed by atoms with Crippen LogP contribution in [0.5, 0.6) is 5.75 Å². The smallest absolute Gasteiger partial charge is 0.303 e. The first-order chi connectivity index (χ1) is 12.4. The topological polar surface area (TPSA) is 104 Å². The van der Waals surface area contributed by atoms with Crippen LogP contribution in [-0.2, 0) is 14.8 Å². The van der Waals surface area contributed by atoms with E-state index in [0.29, 0.717) is 24.7 Å². The number of carbonyl (C=O) groups is 1. The number of nitrogens with one attached hydrogen (secondary N) is 1. The van der Waals surface area contributed by atoms with Crippen LogP contribution in [0.15, 0.2) is 41.3 Å². The van der Waals surface area contributed by atoms with Gasteiger partial charge in [0.25, 0.3) is 0 Å². The molecule has 2 aliphatic rings. The van der Waals surface area contributed by atoms with E-state index in [1.54, 1.807) is 0 Å². The van der Waals surface area contributed by atoms with Crippen molar-refractivity contribution in [1.29, 1.82) is 0 Å². The number of sulfonamides is 1. The summed E-state index contributed by atoms with van der Waals surface area (Å²) in [6, 6.07) is 5.43. The lowest BCUT2D eigenvalue weighted by Crippen LogP contribution is -2.43. The summed E-state index contributed by atoms with van der Waals surface area (Å²) in [5, 5.41) is 18.0. The Kier molecular flexibility index (Phi) is 5.67. The molecule has 1 aromatic carbocycles. The third kappa shape index (κ3) is 4.27. The van der Waals surface area contributed by atoms with Crippen molar-refractivity contribution in [3.05, 3.63) is 36.4 Å². The van der Waals surface area contributed by atoms with Gasteiger partial charge in [0.15, 0.2) is 0 Å². The predicted molar refractivity (Wildman–Crippen MR) is 97.2 cm³/mol. The highest BCUT2D eigenvalue weighted by molar-refractivity contribution is 7.89. The molecule has 0 saturated heterocycles. The molecule has 6 nitrogen and oxygen atoms in total. The fourth-order valence-corrected chi connectivity index (χ4v) is 5.62. The molecule has 0 unspecified atom stereocenters. The minimum atomic E-state index is -3.64. The second-order valence-corrected chi connectivity index (χ2v) is 8.98. The van der Waals surface area contributed by atoms with Crippen molar-refractivity contribution in [3.63, 3.8) is 0 Å². The summed E-state index contributed by atoms with van der Waals surface area (Å²) >= 11 is 0. The van der Waals surface area contributed by atoms with Gasteiger partial charge < -0.3 is 10.2 Å². The average molecular weight is 379 g/mol. The van der Waals surface area contributed by atoms with Gasteiger partial charge in [0, 0.05) is 12.5 Å². The van der Waals surface area contributed by atoms with E-state index in [1.807, 2.05) is 6.08 Å². The van der Waals surface area contributed by atoms with Crippen molar-refractivity contribution in [3.8, 4) is 5.75 Å². The molecule has 7 heteroatoms. The SMILES string of the molecule is O=C(O)CCCC=C[C@H]1[C@@H]2CC[C@@H](C2)[C@@H]1NS(=O)(=O)c1ccc(O)cc1. The number of aromatic hydroxyl groups is 1. The number of hydrogen-bond donors (Lipinski definition) is 3. The first-order valence-corrected chi connectivity index (χ1v) is 10.5. The Hall–Kier alpha value is -1.86. The van der Waals surface area contributed by atoms with Crippen molar-refractivity contribution in [2.24, 2.45) is 17.8 Å². The number of unbranched alkanes of at least 4 members (excludes halogenated alkanes) is 1. The van der Waals surface area contributed by atoms with Gasteiger partial charge in [-0.3, -0.25) is 4.79 Å². The first-order valence-electron chi connectivity index (χ1n) is 9.06. The van der Waals surface area contributed by atoms with Crippen LogP contribution < -0.4 is 4.72 Å². The van der Waals surface area contributed by atoms with E-state index in [4.69, 9.17) is 5.11 Å². The summed E-state index contributed by atoms with van der Waals surface area (Å²) in [5.41, 5.74) is 0. The molecule has 2 saturated carbocycles. The van der Waals surface area contributed by atoms with Crippen LogP contribution in [0.1, 0.15) is 38.5 Å². The van der Waals surface area contributed by atoms with E-state index in [9.17, 15) is 18.3 Å². The minimum Gasteiger partial charge on any atom is -0.508 e. The van der Waals surface area contributed by atoms with E-state index >= 15 is 0 Å². The molecule has 0 amide bonds. The van der Waals surface area contributed by atoms with Crippen LogP contribution in [-0.4, -0.2) is 30.6 Å². The van der Waals surface area contributed by atoms with Crippen molar-refractivity contribution >= 4 is 16.0 Å². The lowest BCUT2D eigenvalue weighted by molar-refractivity contribution is -0.137. The second kappa shape index (κ2) is 7.80. The molecule has 1 aromatic rings. The van der Waals surface area contributed by atoms with Crippen molar-refractivity contribution in [2.75, 3.05) is 0 Å². The standard InChI is InChI=1S/C19H25NO5S/c21-15-8-10-16(11-9-15)26(24,25)20-19-14-7-6-13(12-14)17(19)4-2-1-3-5-18(22)23/h2,4,8-11,13-14,17,19-21H,1,3,5-7,12H2,(H,22,23)/t13-,14+,17+,19+/m1/s1. The zero-order chi connectivity index (χ0) is 18.7. The summed E-state index contributed by atoms with van der Waals surface area (Å²) in [6.45, 7) is 0. The third-order valence-electron chi connectivity index (χ3n) is 5.54. The largest absolute Gasteiger partial charge is 0.508 e. The second-order valence-electron chi connectivity index (χ2n) is 7.27. The Morgan fingerprint density at radius 1 is 1.19 bits per heavy atom. The molecule has 2 aliphatic carbocycles. The van der Waals surface area contributed by atoms with Crippen molar-refractivity contribution in [1.82, 2.24) is 4.72 Å². The molecular formula is C19H25NO5S. The Morgan fingerprint density at radius 2 is 1.88 bits per heavy atom. The Morgan fingerprint density at radius 3 is 2.58 bits per heavy atom. The molecule has 26 heavy (non-hydrogen) atoms. The molecule has 3 N–H and O–H groups in total. The highest BCUT2D eigenvalue weighted by Gasteiger charge is 2.47. The monoisotopic (exact) mass is 379 g/mol. The molecule has 0 heterocycles. The molecule has 2 bridgehead atoms. The number of rotatable bonds is 8. The van der Waals surface area contributed by atoms with Gasteiger partial charge in [0.1, 0.15) is 5.75 Å². The Bertz CT molecular complexity index is 772. The molecular weight excluding hydrogens is 354 g/mol. The number of hydrogen-bond acceptors (Lipinski definition) is 4. The maximum Gasteiger partial charge on any atom is 0.303 e. The minimum absolute atomic E-state index is 0.0334. The van der Waals surface area contributed by atoms with Gasteiger partial charge in [-0.2, -0.15) is 0 Å². The number of phenols is 1. The van der Waals surface area contributed by atoms with Crippen LogP contribution in [0.2, 0.25) is 0 Å². The van der Waals surface area contributed by atoms with Crippen LogP contribution in [0, 0.1) is 17.8 Å². The molecule has 3 rings (SSSR count). The number of carboxylic acids is 1. The van der Waals surface area contributed by atoms with E-state index < -0.39 is 16.0 Å². The number of aliphatic carboxylic acids is 1. The van der Waals surface area contributed by atoms with Gasteiger partial charge in [-0.25, -0.2) is 13.1 Å². The quantitative estimate of drug-likeness (QED) is 0.476. The van der Waals surface area contributed by atoms with Gasteiger partial charge in [-0.15, -0.1) is 0 Å². The molecule has 0 spiro atoms. The lowest BCUT2D eigenvalue weighted by Gasteiger charge is -2.29. The van der Waals surface area contributed by atoms with E-state index in [-0.39, 0.29) is 29.0 Å². The number of benzene rings is 1. The average Bonchev–Trinajstić information content (AvgIpc) is 3.17. The highest BCUT2D eigenvalue weighted by Crippen LogP contribution is 2.49. The molecule has 0 radical (unpaired) electrons. The Balaban J connectivity index is 1.67. The van der Waals surface area contributed by atoms with Crippen molar-refractivity contribution < 1.29 is 23.4 Å². The molecule has 0 aromatic heterocycles.